The number of nitrogens with one attached hydrogen (secondary N) is 1. The Balaban J connectivity index is 1.82. The molecule has 0 unspecified atom stereocenters. The van der Waals surface area contributed by atoms with Gasteiger partial charge in [0, 0.05) is 5.56 Å². The summed E-state index contributed by atoms with van der Waals surface area (Å²) in [6.07, 6.45) is 1.61. The third-order valence-corrected chi connectivity index (χ3v) is 4.45. The molecule has 3 rings (SSSR count). The second-order valence-corrected chi connectivity index (χ2v) is 5.96. The van der Waals surface area contributed by atoms with Crippen molar-refractivity contribution < 1.29 is 19.4 Å². The van der Waals surface area contributed by atoms with E-state index in [0.717, 1.165) is 29.5 Å². The minimum Gasteiger partial charge on any atom is -0.497 e. The number of methoxy groups -OCH3 is 1. The van der Waals surface area contributed by atoms with E-state index in [4.69, 9.17) is 9.84 Å². The van der Waals surface area contributed by atoms with Crippen LogP contribution >= 0.6 is 0 Å². The van der Waals surface area contributed by atoms with Crippen LogP contribution in [0.15, 0.2) is 36.4 Å². The van der Waals surface area contributed by atoms with Crippen LogP contribution in [0.4, 0.5) is 0 Å². The van der Waals surface area contributed by atoms with Crippen molar-refractivity contribution in [1.82, 2.24) is 5.32 Å². The first-order chi connectivity index (χ1) is 11.5. The first kappa shape index (κ1) is 16.1. The predicted molar refractivity (Wildman–Crippen MR) is 89.7 cm³/mol. The van der Waals surface area contributed by atoms with E-state index >= 15 is 0 Å². The Kier molecular flexibility index (Phi) is 4.25. The fourth-order valence-electron chi connectivity index (χ4n) is 3.14. The molecule has 1 aliphatic carbocycles. The van der Waals surface area contributed by atoms with Crippen LogP contribution < -0.4 is 10.1 Å². The molecular weight excluding hydrogens is 306 g/mol. The molecule has 5 heteroatoms. The molecule has 1 atom stereocenters. The fourth-order valence-corrected chi connectivity index (χ4v) is 3.14. The van der Waals surface area contributed by atoms with Crippen molar-refractivity contribution in [2.75, 3.05) is 7.11 Å². The van der Waals surface area contributed by atoms with E-state index in [1.165, 1.54) is 0 Å². The van der Waals surface area contributed by atoms with Gasteiger partial charge in [-0.1, -0.05) is 6.07 Å². The number of carboxylic acids is 1. The largest absolute Gasteiger partial charge is 0.497 e. The van der Waals surface area contributed by atoms with Gasteiger partial charge in [-0.3, -0.25) is 4.79 Å². The van der Waals surface area contributed by atoms with Gasteiger partial charge in [-0.25, -0.2) is 4.79 Å². The lowest BCUT2D eigenvalue weighted by Gasteiger charge is -2.16. The lowest BCUT2D eigenvalue weighted by atomic mass is 10.0. The lowest BCUT2D eigenvalue weighted by molar-refractivity contribution is 0.0696. The van der Waals surface area contributed by atoms with Crippen molar-refractivity contribution in [2.45, 2.75) is 25.8 Å². The summed E-state index contributed by atoms with van der Waals surface area (Å²) in [6.45, 7) is 1.86. The molecule has 1 amide bonds. The average Bonchev–Trinajstić information content (AvgIpc) is 2.96. The number of carbonyl (C=O) groups excluding carboxylic acids is 1. The van der Waals surface area contributed by atoms with Crippen LogP contribution in [0.1, 0.15) is 49.9 Å². The number of hydrogen-bond acceptors (Lipinski definition) is 3. The molecule has 2 aromatic carbocycles. The standard InChI is InChI=1S/C19H19NO4/c1-11-9-14(24-2)6-7-15(11)18(21)20-17-8-5-12-3-4-13(19(22)23)10-16(12)17/h3-4,6-7,9-10,17H,5,8H2,1-2H3,(H,20,21)(H,22,23)/t17-/m1/s1. The van der Waals surface area contributed by atoms with E-state index < -0.39 is 5.97 Å². The molecule has 1 aliphatic rings. The van der Waals surface area contributed by atoms with Crippen LogP contribution in [-0.4, -0.2) is 24.1 Å². The van der Waals surface area contributed by atoms with E-state index in [-0.39, 0.29) is 17.5 Å². The molecule has 0 aromatic heterocycles. The minimum atomic E-state index is -0.958. The summed E-state index contributed by atoms with van der Waals surface area (Å²) in [5, 5.41) is 12.2. The molecule has 5 nitrogen and oxygen atoms in total. The van der Waals surface area contributed by atoms with Gasteiger partial charge in [0.25, 0.3) is 5.91 Å². The maximum absolute atomic E-state index is 12.6. The number of carbonyl (C=O) groups is 2. The number of ether oxygens (including phenoxy) is 1. The zero-order chi connectivity index (χ0) is 17.3. The summed E-state index contributed by atoms with van der Waals surface area (Å²) in [5.74, 6) is -0.407. The number of amides is 1. The van der Waals surface area contributed by atoms with Gasteiger partial charge in [-0.15, -0.1) is 0 Å². The molecule has 2 aromatic rings. The number of rotatable bonds is 4. The van der Waals surface area contributed by atoms with E-state index in [0.29, 0.717) is 11.3 Å². The van der Waals surface area contributed by atoms with Gasteiger partial charge in [-0.2, -0.15) is 0 Å². The summed E-state index contributed by atoms with van der Waals surface area (Å²) in [4.78, 5) is 23.7. The first-order valence-electron chi connectivity index (χ1n) is 7.81. The second-order valence-electron chi connectivity index (χ2n) is 5.96. The van der Waals surface area contributed by atoms with Crippen molar-refractivity contribution in [3.05, 3.63) is 64.2 Å². The zero-order valence-electron chi connectivity index (χ0n) is 13.6. The van der Waals surface area contributed by atoms with Crippen molar-refractivity contribution in [3.63, 3.8) is 0 Å². The molecule has 24 heavy (non-hydrogen) atoms. The highest BCUT2D eigenvalue weighted by molar-refractivity contribution is 5.96. The summed E-state index contributed by atoms with van der Waals surface area (Å²) in [7, 11) is 1.59. The van der Waals surface area contributed by atoms with Gasteiger partial charge in [0.15, 0.2) is 0 Å². The highest BCUT2D eigenvalue weighted by Gasteiger charge is 2.25. The van der Waals surface area contributed by atoms with Crippen molar-refractivity contribution in [2.24, 2.45) is 0 Å². The maximum atomic E-state index is 12.6. The smallest absolute Gasteiger partial charge is 0.335 e. The van der Waals surface area contributed by atoms with Crippen LogP contribution in [-0.2, 0) is 6.42 Å². The van der Waals surface area contributed by atoms with E-state index in [1.807, 2.05) is 19.1 Å². The summed E-state index contributed by atoms with van der Waals surface area (Å²) >= 11 is 0. The monoisotopic (exact) mass is 325 g/mol. The summed E-state index contributed by atoms with van der Waals surface area (Å²) in [5.41, 5.74) is 3.67. The molecule has 0 saturated carbocycles. The SMILES string of the molecule is COc1ccc(C(=O)N[C@@H]2CCc3ccc(C(=O)O)cc32)c(C)c1. The molecule has 0 saturated heterocycles. The Morgan fingerprint density at radius 3 is 2.67 bits per heavy atom. The number of aryl methyl sites for hydroxylation is 2. The van der Waals surface area contributed by atoms with Crippen molar-refractivity contribution >= 4 is 11.9 Å². The van der Waals surface area contributed by atoms with Gasteiger partial charge in [0.2, 0.25) is 0 Å². The summed E-state index contributed by atoms with van der Waals surface area (Å²) < 4.78 is 5.16. The minimum absolute atomic E-state index is 0.159. The molecule has 0 bridgehead atoms. The number of fused-ring (bicyclic) bond motifs is 1. The van der Waals surface area contributed by atoms with Crippen molar-refractivity contribution in [1.29, 1.82) is 0 Å². The highest BCUT2D eigenvalue weighted by Crippen LogP contribution is 2.32. The van der Waals surface area contributed by atoms with Crippen LogP contribution in [0.2, 0.25) is 0 Å². The molecular formula is C19H19NO4. The average molecular weight is 325 g/mol. The lowest BCUT2D eigenvalue weighted by Crippen LogP contribution is -2.27. The Hall–Kier alpha value is -2.82. The number of benzene rings is 2. The van der Waals surface area contributed by atoms with Crippen LogP contribution in [0, 0.1) is 6.92 Å². The maximum Gasteiger partial charge on any atom is 0.335 e. The van der Waals surface area contributed by atoms with E-state index in [9.17, 15) is 9.59 Å². The normalized spacial score (nSPS) is 15.7. The Morgan fingerprint density at radius 1 is 1.21 bits per heavy atom. The fraction of sp³-hybridized carbons (Fsp3) is 0.263. The second kappa shape index (κ2) is 6.35. The van der Waals surface area contributed by atoms with Gasteiger partial charge in [-0.05, 0) is 66.8 Å². The Labute approximate surface area is 140 Å². The van der Waals surface area contributed by atoms with Crippen LogP contribution in [0.25, 0.3) is 0 Å². The highest BCUT2D eigenvalue weighted by atomic mass is 16.5. The van der Waals surface area contributed by atoms with Crippen molar-refractivity contribution in [3.8, 4) is 5.75 Å². The molecule has 0 radical (unpaired) electrons. The predicted octanol–water partition coefficient (Wildman–Crippen LogP) is 3.12. The topological polar surface area (TPSA) is 75.6 Å². The third kappa shape index (κ3) is 2.97. The molecule has 0 fully saturated rings. The van der Waals surface area contributed by atoms with E-state index in [1.54, 1.807) is 31.4 Å². The van der Waals surface area contributed by atoms with E-state index in [2.05, 4.69) is 5.32 Å². The summed E-state index contributed by atoms with van der Waals surface area (Å²) in [6, 6.07) is 10.3. The number of aromatic carboxylic acids is 1. The molecule has 124 valence electrons. The van der Waals surface area contributed by atoms with Gasteiger partial charge >= 0.3 is 5.97 Å². The Morgan fingerprint density at radius 2 is 2.00 bits per heavy atom. The molecule has 0 heterocycles. The van der Waals surface area contributed by atoms with Gasteiger partial charge in [0.05, 0.1) is 18.7 Å². The zero-order valence-corrected chi connectivity index (χ0v) is 13.6. The molecule has 2 N–H and O–H groups in total. The third-order valence-electron chi connectivity index (χ3n) is 4.45. The molecule has 0 spiro atoms. The van der Waals surface area contributed by atoms with Gasteiger partial charge in [0.1, 0.15) is 5.75 Å². The molecule has 0 aliphatic heterocycles. The Bertz CT molecular complexity index is 813. The number of carboxylic acid groups (broad SMARTS) is 1. The van der Waals surface area contributed by atoms with Crippen LogP contribution in [0.3, 0.4) is 0 Å². The first-order valence-corrected chi connectivity index (χ1v) is 7.81. The number of hydrogen-bond donors (Lipinski definition) is 2. The van der Waals surface area contributed by atoms with Gasteiger partial charge < -0.3 is 15.2 Å². The quantitative estimate of drug-likeness (QED) is 0.905. The van der Waals surface area contributed by atoms with Crippen LogP contribution in [0.5, 0.6) is 5.75 Å².